The number of rotatable bonds is 7. The summed E-state index contributed by atoms with van der Waals surface area (Å²) in [6.45, 7) is 4.08. The molecule has 0 aromatic heterocycles. The van der Waals surface area contributed by atoms with Crippen LogP contribution in [0.3, 0.4) is 0 Å². The highest BCUT2D eigenvalue weighted by Gasteiger charge is 2.54. The van der Waals surface area contributed by atoms with E-state index in [2.05, 4.69) is 17.1 Å². The van der Waals surface area contributed by atoms with Crippen molar-refractivity contribution in [3.63, 3.8) is 0 Å². The van der Waals surface area contributed by atoms with E-state index in [4.69, 9.17) is 0 Å². The van der Waals surface area contributed by atoms with Crippen LogP contribution in [0.4, 0.5) is 5.69 Å². The minimum atomic E-state index is -0.759. The summed E-state index contributed by atoms with van der Waals surface area (Å²) in [4.78, 5) is 45.4. The Balaban J connectivity index is 1.33. The Hall–Kier alpha value is -3.87. The van der Waals surface area contributed by atoms with Gasteiger partial charge in [-0.2, -0.15) is 0 Å². The summed E-state index contributed by atoms with van der Waals surface area (Å²) in [5, 5.41) is 5.07. The zero-order valence-electron chi connectivity index (χ0n) is 21.4. The largest absolute Gasteiger partial charge is 0.355 e. The number of carbonyl (C=O) groups excluding carboxylic acids is 3. The predicted octanol–water partition coefficient (Wildman–Crippen LogP) is 4.04. The number of unbranched alkanes of at least 4 members (excludes halogenated alkanes) is 1. The number of likely N-dealkylation sites (tertiary alicyclic amines) is 1. The van der Waals surface area contributed by atoms with E-state index in [-0.39, 0.29) is 24.3 Å². The molecule has 2 saturated heterocycles. The van der Waals surface area contributed by atoms with E-state index < -0.39 is 5.54 Å². The number of anilines is 1. The predicted molar refractivity (Wildman–Crippen MR) is 145 cm³/mol. The number of amides is 3. The van der Waals surface area contributed by atoms with Crippen molar-refractivity contribution in [3.8, 4) is 0 Å². The third-order valence-electron chi connectivity index (χ3n) is 7.64. The van der Waals surface area contributed by atoms with E-state index in [9.17, 15) is 14.4 Å². The molecule has 0 bridgehead atoms. The van der Waals surface area contributed by atoms with Crippen LogP contribution < -0.4 is 10.2 Å². The lowest BCUT2D eigenvalue weighted by Gasteiger charge is -2.43. The summed E-state index contributed by atoms with van der Waals surface area (Å²) in [5.41, 5.74) is 0.863. The molecule has 192 valence electrons. The van der Waals surface area contributed by atoms with E-state index in [0.29, 0.717) is 44.7 Å². The lowest BCUT2D eigenvalue weighted by atomic mass is 9.85. The van der Waals surface area contributed by atoms with Crippen LogP contribution in [0, 0.1) is 0 Å². The Kier molecular flexibility index (Phi) is 7.12. The molecule has 2 aliphatic heterocycles. The summed E-state index contributed by atoms with van der Waals surface area (Å²) in [6.07, 6.45) is 2.96. The van der Waals surface area contributed by atoms with Gasteiger partial charge in [0.2, 0.25) is 5.91 Å². The van der Waals surface area contributed by atoms with E-state index in [0.717, 1.165) is 29.3 Å². The molecule has 2 heterocycles. The van der Waals surface area contributed by atoms with Gasteiger partial charge in [-0.05, 0) is 54.3 Å². The maximum Gasteiger partial charge on any atom is 0.253 e. The fourth-order valence-corrected chi connectivity index (χ4v) is 5.54. The van der Waals surface area contributed by atoms with Crippen LogP contribution in [-0.4, -0.2) is 65.9 Å². The maximum atomic E-state index is 13.8. The first kappa shape index (κ1) is 24.8. The average Bonchev–Trinajstić information content (AvgIpc) is 3.19. The smallest absolute Gasteiger partial charge is 0.253 e. The van der Waals surface area contributed by atoms with E-state index in [1.807, 2.05) is 77.7 Å². The van der Waals surface area contributed by atoms with Crippen LogP contribution in [0.25, 0.3) is 10.8 Å². The molecule has 2 aliphatic rings. The van der Waals surface area contributed by atoms with E-state index in [1.165, 1.54) is 0 Å². The molecule has 1 spiro atoms. The number of fused-ring (bicyclic) bond motifs is 1. The molecule has 2 fully saturated rings. The summed E-state index contributed by atoms with van der Waals surface area (Å²) >= 11 is 0. The number of para-hydroxylation sites is 1. The summed E-state index contributed by atoms with van der Waals surface area (Å²) in [6, 6.07) is 23.7. The lowest BCUT2D eigenvalue weighted by molar-refractivity contribution is -0.137. The van der Waals surface area contributed by atoms with Crippen molar-refractivity contribution in [3.05, 3.63) is 78.4 Å². The van der Waals surface area contributed by atoms with Gasteiger partial charge < -0.3 is 20.0 Å². The van der Waals surface area contributed by atoms with Gasteiger partial charge in [-0.3, -0.25) is 14.4 Å². The molecule has 0 radical (unpaired) electrons. The Labute approximate surface area is 218 Å². The number of nitrogens with one attached hydrogen (secondary N) is 1. The molecule has 0 aliphatic carbocycles. The average molecular weight is 499 g/mol. The minimum absolute atomic E-state index is 0.00975. The molecular weight excluding hydrogens is 464 g/mol. The van der Waals surface area contributed by atoms with Gasteiger partial charge in [0.15, 0.2) is 0 Å². The third kappa shape index (κ3) is 4.90. The fraction of sp³-hybridized carbons (Fsp3) is 0.367. The molecule has 0 unspecified atom stereocenters. The second kappa shape index (κ2) is 10.6. The summed E-state index contributed by atoms with van der Waals surface area (Å²) in [5.74, 6) is -0.167. The third-order valence-corrected chi connectivity index (χ3v) is 7.64. The maximum absolute atomic E-state index is 13.8. The first-order valence-corrected chi connectivity index (χ1v) is 13.2. The van der Waals surface area contributed by atoms with Crippen LogP contribution in [0.1, 0.15) is 43.0 Å². The first-order valence-electron chi connectivity index (χ1n) is 13.2. The summed E-state index contributed by atoms with van der Waals surface area (Å²) < 4.78 is 0. The first-order chi connectivity index (χ1) is 18.0. The number of piperidine rings is 1. The lowest BCUT2D eigenvalue weighted by Crippen LogP contribution is -2.57. The van der Waals surface area contributed by atoms with Crippen molar-refractivity contribution in [1.82, 2.24) is 15.1 Å². The van der Waals surface area contributed by atoms with Gasteiger partial charge in [0.25, 0.3) is 11.8 Å². The van der Waals surface area contributed by atoms with Gasteiger partial charge >= 0.3 is 0 Å². The number of carbonyl (C=O) groups is 3. The van der Waals surface area contributed by atoms with Crippen molar-refractivity contribution >= 4 is 34.2 Å². The molecule has 3 aromatic carbocycles. The molecule has 7 heteroatoms. The molecule has 37 heavy (non-hydrogen) atoms. The quantitative estimate of drug-likeness (QED) is 0.499. The van der Waals surface area contributed by atoms with Gasteiger partial charge in [-0.1, -0.05) is 61.9 Å². The van der Waals surface area contributed by atoms with Gasteiger partial charge in [0.05, 0.1) is 6.67 Å². The SMILES string of the molecule is CCCCNC(=O)CN1CN(c2ccccc2)C2(CCN(C(=O)c3ccc4ccccc4c3)CC2)C1=O. The molecule has 0 saturated carbocycles. The van der Waals surface area contributed by atoms with Crippen molar-refractivity contribution in [1.29, 1.82) is 0 Å². The highest BCUT2D eigenvalue weighted by molar-refractivity contribution is 6.00. The minimum Gasteiger partial charge on any atom is -0.355 e. The second-order valence-corrected chi connectivity index (χ2v) is 10.00. The number of nitrogens with zero attached hydrogens (tertiary/aromatic N) is 3. The van der Waals surface area contributed by atoms with Gasteiger partial charge in [-0.15, -0.1) is 0 Å². The van der Waals surface area contributed by atoms with E-state index in [1.54, 1.807) is 4.90 Å². The summed E-state index contributed by atoms with van der Waals surface area (Å²) in [7, 11) is 0. The van der Waals surface area contributed by atoms with Crippen LogP contribution in [-0.2, 0) is 9.59 Å². The van der Waals surface area contributed by atoms with Crippen LogP contribution in [0.15, 0.2) is 72.8 Å². The second-order valence-electron chi connectivity index (χ2n) is 10.00. The molecule has 0 atom stereocenters. The topological polar surface area (TPSA) is 73.0 Å². The Morgan fingerprint density at radius 1 is 0.919 bits per heavy atom. The van der Waals surface area contributed by atoms with Gasteiger partial charge in [-0.25, -0.2) is 0 Å². The number of hydrogen-bond donors (Lipinski definition) is 1. The standard InChI is InChI=1S/C30H34N4O3/c1-2-3-17-31-27(35)21-33-22-34(26-11-5-4-6-12-26)30(29(33)37)15-18-32(19-16-30)28(36)25-14-13-23-9-7-8-10-24(23)20-25/h4-14,20H,2-3,15-19,21-22H2,1H3,(H,31,35). The highest BCUT2D eigenvalue weighted by atomic mass is 16.2. The normalized spacial score (nSPS) is 17.0. The number of hydrogen-bond acceptors (Lipinski definition) is 4. The van der Waals surface area contributed by atoms with Crippen LogP contribution in [0.2, 0.25) is 0 Å². The molecule has 7 nitrogen and oxygen atoms in total. The molecule has 1 N–H and O–H groups in total. The van der Waals surface area contributed by atoms with Crippen LogP contribution >= 0.6 is 0 Å². The fourth-order valence-electron chi connectivity index (χ4n) is 5.54. The zero-order valence-corrected chi connectivity index (χ0v) is 21.4. The van der Waals surface area contributed by atoms with Crippen molar-refractivity contribution < 1.29 is 14.4 Å². The van der Waals surface area contributed by atoms with Crippen LogP contribution in [0.5, 0.6) is 0 Å². The monoisotopic (exact) mass is 498 g/mol. The molecule has 5 rings (SSSR count). The highest BCUT2D eigenvalue weighted by Crippen LogP contribution is 2.39. The van der Waals surface area contributed by atoms with Gasteiger partial charge in [0.1, 0.15) is 12.1 Å². The zero-order chi connectivity index (χ0) is 25.8. The number of benzene rings is 3. The van der Waals surface area contributed by atoms with Crippen molar-refractivity contribution in [2.75, 3.05) is 37.7 Å². The Bertz CT molecular complexity index is 1280. The molecule has 3 aromatic rings. The van der Waals surface area contributed by atoms with Crippen molar-refractivity contribution in [2.24, 2.45) is 0 Å². The van der Waals surface area contributed by atoms with E-state index >= 15 is 0 Å². The van der Waals surface area contributed by atoms with Crippen molar-refractivity contribution in [2.45, 2.75) is 38.1 Å². The molecular formula is C30H34N4O3. The Morgan fingerprint density at radius 3 is 2.35 bits per heavy atom. The Morgan fingerprint density at radius 2 is 1.62 bits per heavy atom. The molecule has 3 amide bonds. The van der Waals surface area contributed by atoms with Gasteiger partial charge in [0, 0.05) is 30.9 Å².